The molecule has 2 aromatic carbocycles. The summed E-state index contributed by atoms with van der Waals surface area (Å²) in [4.78, 5) is 0. The second-order valence-electron chi connectivity index (χ2n) is 3.38. The quantitative estimate of drug-likeness (QED) is 0.773. The molecule has 0 atom stereocenters. The van der Waals surface area contributed by atoms with Crippen molar-refractivity contribution in [2.75, 3.05) is 0 Å². The first-order chi connectivity index (χ1) is 8.31. The fourth-order valence-corrected chi connectivity index (χ4v) is 4.07. The number of hydrogen-bond donors (Lipinski definition) is 0. The fraction of sp³-hybridized carbons (Fsp3) is 0. The molecule has 0 aliphatic rings. The zero-order valence-corrected chi connectivity index (χ0v) is 11.3. The molecule has 0 N–H and O–H groups in total. The Morgan fingerprint density at radius 3 is 1.65 bits per heavy atom. The van der Waals surface area contributed by atoms with Gasteiger partial charge in [0.15, 0.2) is 0 Å². The number of nitrogens with zero attached hydrogens (tertiary/aromatic N) is 2. The molecule has 0 heterocycles. The Morgan fingerprint density at radius 2 is 1.24 bits per heavy atom. The van der Waals surface area contributed by atoms with E-state index in [1.165, 1.54) is 7.22 Å². The average Bonchev–Trinajstić information content (AvgIpc) is 2.39. The molecule has 0 aliphatic heterocycles. The number of hydrogen-bond acceptors (Lipinski definition) is 2. The summed E-state index contributed by atoms with van der Waals surface area (Å²) in [5, 5.41) is 17.7. The van der Waals surface area contributed by atoms with Crippen LogP contribution in [0.2, 0.25) is 0 Å². The van der Waals surface area contributed by atoms with E-state index in [2.05, 4.69) is 12.1 Å². The van der Waals surface area contributed by atoms with Gasteiger partial charge in [0.1, 0.15) is 0 Å². The van der Waals surface area contributed by atoms with Crippen LogP contribution in [-0.2, 0) is 0 Å². The Hall–Kier alpha value is -1.79. The molecule has 0 saturated carbocycles. The number of benzene rings is 2. The molecule has 0 unspecified atom stereocenters. The van der Waals surface area contributed by atoms with Crippen LogP contribution in [0.5, 0.6) is 0 Å². The van der Waals surface area contributed by atoms with E-state index in [0.717, 1.165) is 0 Å². The maximum atomic E-state index is 8.83. The Morgan fingerprint density at radius 1 is 0.765 bits per heavy atom. The van der Waals surface area contributed by atoms with E-state index in [-0.39, 0.29) is 0 Å². The molecule has 0 bridgehead atoms. The Balaban J connectivity index is 2.26. The van der Waals surface area contributed by atoms with Gasteiger partial charge < -0.3 is 0 Å². The van der Waals surface area contributed by atoms with Crippen molar-refractivity contribution < 1.29 is 0 Å². The predicted molar refractivity (Wildman–Crippen MR) is 67.3 cm³/mol. The van der Waals surface area contributed by atoms with Crippen molar-refractivity contribution in [1.29, 1.82) is 10.5 Å². The predicted octanol–water partition coefficient (Wildman–Crippen LogP) is 1.08. The summed E-state index contributed by atoms with van der Waals surface area (Å²) >= 11 is -0.512. The van der Waals surface area contributed by atoms with Crippen molar-refractivity contribution in [3.8, 4) is 12.1 Å². The summed E-state index contributed by atoms with van der Waals surface area (Å²) in [6.45, 7) is 0. The topological polar surface area (TPSA) is 47.6 Å². The summed E-state index contributed by atoms with van der Waals surface area (Å²) in [5.74, 6) is 0. The van der Waals surface area contributed by atoms with E-state index in [1.807, 2.05) is 48.5 Å². The normalized spacial score (nSPS) is 9.29. The summed E-state index contributed by atoms with van der Waals surface area (Å²) in [5.41, 5.74) is 1.40. The van der Waals surface area contributed by atoms with Gasteiger partial charge in [-0.05, 0) is 0 Å². The monoisotopic (exact) mass is 334 g/mol. The SMILES string of the molecule is N#Cc1cccc([Te]c2cccc(C#N)c2)c1. The molecule has 2 nitrogen and oxygen atoms in total. The number of nitriles is 2. The molecule has 2 aromatic rings. The van der Waals surface area contributed by atoms with Crippen LogP contribution >= 0.6 is 0 Å². The maximum absolute atomic E-state index is 8.83. The molecule has 0 aliphatic carbocycles. The van der Waals surface area contributed by atoms with E-state index in [1.54, 1.807) is 0 Å². The molecule has 0 saturated heterocycles. The molecular formula is C14H8N2Te. The van der Waals surface area contributed by atoms with Crippen molar-refractivity contribution in [3.63, 3.8) is 0 Å². The molecule has 17 heavy (non-hydrogen) atoms. The van der Waals surface area contributed by atoms with Crippen LogP contribution in [0.3, 0.4) is 0 Å². The molecule has 2 rings (SSSR count). The van der Waals surface area contributed by atoms with Crippen molar-refractivity contribution >= 4 is 28.1 Å². The molecule has 0 fully saturated rings. The molecule has 80 valence electrons. The fourth-order valence-electron chi connectivity index (χ4n) is 1.39. The van der Waals surface area contributed by atoms with Crippen molar-refractivity contribution in [3.05, 3.63) is 59.7 Å². The van der Waals surface area contributed by atoms with Gasteiger partial charge in [-0.2, -0.15) is 0 Å². The zero-order valence-electron chi connectivity index (χ0n) is 8.92. The van der Waals surface area contributed by atoms with Crippen LogP contribution in [0.15, 0.2) is 48.5 Å². The van der Waals surface area contributed by atoms with E-state index in [0.29, 0.717) is 11.1 Å². The van der Waals surface area contributed by atoms with Gasteiger partial charge in [-0.25, -0.2) is 0 Å². The first-order valence-corrected chi connectivity index (χ1v) is 7.33. The third kappa shape index (κ3) is 3.08. The standard InChI is InChI=1S/C14H8N2Te/c15-9-11-3-1-5-13(7-11)17-14-6-2-4-12(8-14)10-16/h1-8H. The van der Waals surface area contributed by atoms with Gasteiger partial charge in [0.25, 0.3) is 0 Å². The summed E-state index contributed by atoms with van der Waals surface area (Å²) in [7, 11) is 0. The van der Waals surface area contributed by atoms with Crippen LogP contribution in [0.25, 0.3) is 0 Å². The van der Waals surface area contributed by atoms with Crippen LogP contribution in [0, 0.1) is 22.7 Å². The van der Waals surface area contributed by atoms with Crippen molar-refractivity contribution in [2.45, 2.75) is 0 Å². The van der Waals surface area contributed by atoms with Crippen molar-refractivity contribution in [2.24, 2.45) is 0 Å². The summed E-state index contributed by atoms with van der Waals surface area (Å²) in [6, 6.07) is 19.7. The Bertz CT molecular complexity index is 565. The molecule has 3 heteroatoms. The van der Waals surface area contributed by atoms with Gasteiger partial charge in [-0.3, -0.25) is 0 Å². The average molecular weight is 332 g/mol. The molecule has 0 radical (unpaired) electrons. The summed E-state index contributed by atoms with van der Waals surface area (Å²) < 4.78 is 2.43. The minimum atomic E-state index is -0.512. The zero-order chi connectivity index (χ0) is 12.1. The molecule has 0 aromatic heterocycles. The minimum absolute atomic E-state index is 0.512. The van der Waals surface area contributed by atoms with Crippen LogP contribution < -0.4 is 7.22 Å². The van der Waals surface area contributed by atoms with Gasteiger partial charge in [0, 0.05) is 0 Å². The van der Waals surface area contributed by atoms with Gasteiger partial charge in [-0.15, -0.1) is 0 Å². The van der Waals surface area contributed by atoms with E-state index in [9.17, 15) is 0 Å². The van der Waals surface area contributed by atoms with Gasteiger partial charge in [0.2, 0.25) is 0 Å². The Kier molecular flexibility index (Phi) is 3.79. The van der Waals surface area contributed by atoms with Crippen molar-refractivity contribution in [1.82, 2.24) is 0 Å². The summed E-state index contributed by atoms with van der Waals surface area (Å²) in [6.07, 6.45) is 0. The second kappa shape index (κ2) is 5.51. The molecule has 0 amide bonds. The van der Waals surface area contributed by atoms with Gasteiger partial charge in [-0.1, -0.05) is 0 Å². The van der Waals surface area contributed by atoms with E-state index < -0.39 is 20.9 Å². The van der Waals surface area contributed by atoms with Crippen LogP contribution in [-0.4, -0.2) is 20.9 Å². The molecule has 0 spiro atoms. The third-order valence-electron chi connectivity index (χ3n) is 2.16. The Labute approximate surface area is 110 Å². The van der Waals surface area contributed by atoms with E-state index in [4.69, 9.17) is 10.5 Å². The first-order valence-electron chi connectivity index (χ1n) is 5.00. The number of rotatable bonds is 2. The van der Waals surface area contributed by atoms with Crippen LogP contribution in [0.4, 0.5) is 0 Å². The van der Waals surface area contributed by atoms with Crippen LogP contribution in [0.1, 0.15) is 11.1 Å². The first kappa shape index (κ1) is 11.7. The molecular weight excluding hydrogens is 324 g/mol. The van der Waals surface area contributed by atoms with Gasteiger partial charge >= 0.3 is 110 Å². The van der Waals surface area contributed by atoms with Gasteiger partial charge in [0.05, 0.1) is 0 Å². The van der Waals surface area contributed by atoms with E-state index >= 15 is 0 Å². The third-order valence-corrected chi connectivity index (χ3v) is 4.96. The second-order valence-corrected chi connectivity index (χ2v) is 6.65.